The van der Waals surface area contributed by atoms with Crippen LogP contribution in [0.1, 0.15) is 15.2 Å². The van der Waals surface area contributed by atoms with Gasteiger partial charge in [0.05, 0.1) is 10.5 Å². The fourth-order valence-electron chi connectivity index (χ4n) is 1.46. The maximum absolute atomic E-state index is 13.2. The molecule has 0 aliphatic heterocycles. The summed E-state index contributed by atoms with van der Waals surface area (Å²) in [5, 5.41) is 17.6. The molecule has 1 heterocycles. The highest BCUT2D eigenvalue weighted by Gasteiger charge is 2.18. The first-order valence-electron chi connectivity index (χ1n) is 5.39. The van der Waals surface area contributed by atoms with E-state index in [2.05, 4.69) is 4.72 Å². The van der Waals surface area contributed by atoms with E-state index >= 15 is 0 Å². The molecule has 2 N–H and O–H groups in total. The van der Waals surface area contributed by atoms with Crippen molar-refractivity contribution in [2.24, 2.45) is 0 Å². The first-order chi connectivity index (χ1) is 9.83. The fraction of sp³-hybridized carbons (Fsp3) is 0. The van der Waals surface area contributed by atoms with Crippen molar-refractivity contribution in [3.05, 3.63) is 46.6 Å². The minimum atomic E-state index is -4.03. The zero-order valence-corrected chi connectivity index (χ0v) is 11.8. The minimum absolute atomic E-state index is 0.0236. The van der Waals surface area contributed by atoms with Gasteiger partial charge in [-0.1, -0.05) is 0 Å². The molecule has 9 heteroatoms. The Hall–Kier alpha value is -2.44. The molecule has 0 fully saturated rings. The van der Waals surface area contributed by atoms with Crippen molar-refractivity contribution in [1.29, 1.82) is 5.26 Å². The molecule has 0 spiro atoms. The average Bonchev–Trinajstić information content (AvgIpc) is 2.87. The van der Waals surface area contributed by atoms with Crippen LogP contribution in [-0.4, -0.2) is 19.5 Å². The normalized spacial score (nSPS) is 10.9. The van der Waals surface area contributed by atoms with Crippen LogP contribution in [0.15, 0.2) is 35.2 Å². The molecule has 0 amide bonds. The van der Waals surface area contributed by atoms with Gasteiger partial charge in [-0.15, -0.1) is 11.3 Å². The Morgan fingerprint density at radius 2 is 2.05 bits per heavy atom. The van der Waals surface area contributed by atoms with E-state index < -0.39 is 27.4 Å². The third-order valence-corrected chi connectivity index (χ3v) is 4.90. The molecular formula is C12H7FN2O4S2. The predicted octanol–water partition coefficient (Wildman–Crippen LogP) is 2.26. The van der Waals surface area contributed by atoms with Crippen LogP contribution in [0.2, 0.25) is 0 Å². The molecular weight excluding hydrogens is 319 g/mol. The first-order valence-corrected chi connectivity index (χ1v) is 7.69. The van der Waals surface area contributed by atoms with Crippen LogP contribution < -0.4 is 4.72 Å². The van der Waals surface area contributed by atoms with E-state index in [0.29, 0.717) is 0 Å². The first kappa shape index (κ1) is 15.0. The summed E-state index contributed by atoms with van der Waals surface area (Å²) >= 11 is 0.747. The highest BCUT2D eigenvalue weighted by Crippen LogP contribution is 2.25. The number of hydrogen-bond acceptors (Lipinski definition) is 5. The lowest BCUT2D eigenvalue weighted by atomic mass is 10.2. The number of carboxylic acid groups (broad SMARTS) is 1. The van der Waals surface area contributed by atoms with Gasteiger partial charge in [0.25, 0.3) is 10.0 Å². The summed E-state index contributed by atoms with van der Waals surface area (Å²) in [7, 11) is -4.03. The molecule has 1 aromatic heterocycles. The molecule has 2 aromatic rings. The molecule has 0 atom stereocenters. The molecule has 0 saturated carbocycles. The van der Waals surface area contributed by atoms with Crippen LogP contribution in [-0.2, 0) is 10.0 Å². The van der Waals surface area contributed by atoms with E-state index in [0.717, 1.165) is 29.5 Å². The minimum Gasteiger partial charge on any atom is -0.477 e. The van der Waals surface area contributed by atoms with Crippen molar-refractivity contribution in [2.75, 3.05) is 4.72 Å². The van der Waals surface area contributed by atoms with Gasteiger partial charge in [-0.3, -0.25) is 4.72 Å². The summed E-state index contributed by atoms with van der Waals surface area (Å²) in [6, 6.07) is 6.92. The number of rotatable bonds is 4. The van der Waals surface area contributed by atoms with Crippen molar-refractivity contribution >= 4 is 32.3 Å². The van der Waals surface area contributed by atoms with Gasteiger partial charge in [-0.05, 0) is 30.3 Å². The number of sulfonamides is 1. The van der Waals surface area contributed by atoms with Crippen LogP contribution in [0, 0.1) is 17.1 Å². The summed E-state index contributed by atoms with van der Waals surface area (Å²) in [4.78, 5) is 10.4. The summed E-state index contributed by atoms with van der Waals surface area (Å²) in [6.07, 6.45) is 0. The second kappa shape index (κ2) is 5.51. The van der Waals surface area contributed by atoms with Crippen molar-refractivity contribution in [3.63, 3.8) is 0 Å². The molecule has 0 bridgehead atoms. The second-order valence-corrected chi connectivity index (χ2v) is 6.59. The quantitative estimate of drug-likeness (QED) is 0.896. The summed E-state index contributed by atoms with van der Waals surface area (Å²) in [5.74, 6) is -1.99. The van der Waals surface area contributed by atoms with Crippen LogP contribution in [0.25, 0.3) is 0 Å². The highest BCUT2D eigenvalue weighted by atomic mass is 32.2. The number of benzene rings is 1. The van der Waals surface area contributed by atoms with Gasteiger partial charge in [0.1, 0.15) is 21.8 Å². The number of carbonyl (C=O) groups is 1. The lowest BCUT2D eigenvalue weighted by Gasteiger charge is -2.06. The van der Waals surface area contributed by atoms with E-state index in [1.165, 1.54) is 12.1 Å². The molecule has 21 heavy (non-hydrogen) atoms. The van der Waals surface area contributed by atoms with Crippen molar-refractivity contribution in [3.8, 4) is 6.07 Å². The summed E-state index contributed by atoms with van der Waals surface area (Å²) < 4.78 is 39.5. The smallest absolute Gasteiger partial charge is 0.345 e. The molecule has 6 nitrogen and oxygen atoms in total. The SMILES string of the molecule is N#Cc1cc(S(=O)(=O)Nc2ccc(C(=O)O)s2)ccc1F. The Kier molecular flexibility index (Phi) is 3.93. The average molecular weight is 326 g/mol. The van der Waals surface area contributed by atoms with Crippen LogP contribution >= 0.6 is 11.3 Å². The fourth-order valence-corrected chi connectivity index (χ4v) is 3.52. The molecule has 1 aromatic carbocycles. The lowest BCUT2D eigenvalue weighted by Crippen LogP contribution is -2.12. The van der Waals surface area contributed by atoms with Crippen LogP contribution in [0.3, 0.4) is 0 Å². The van der Waals surface area contributed by atoms with Gasteiger partial charge in [0, 0.05) is 0 Å². The topological polar surface area (TPSA) is 107 Å². The zero-order valence-electron chi connectivity index (χ0n) is 10.2. The zero-order chi connectivity index (χ0) is 15.6. The Labute approximate surface area is 123 Å². The highest BCUT2D eigenvalue weighted by molar-refractivity contribution is 7.93. The number of anilines is 1. The number of halogens is 1. The van der Waals surface area contributed by atoms with Gasteiger partial charge < -0.3 is 5.11 Å². The summed E-state index contributed by atoms with van der Waals surface area (Å²) in [5.41, 5.74) is -0.393. The largest absolute Gasteiger partial charge is 0.477 e. The molecule has 0 aliphatic rings. The number of thiophene rings is 1. The molecule has 0 saturated heterocycles. The number of hydrogen-bond donors (Lipinski definition) is 2. The van der Waals surface area contributed by atoms with E-state index in [9.17, 15) is 17.6 Å². The van der Waals surface area contributed by atoms with Crippen molar-refractivity contribution in [2.45, 2.75) is 4.90 Å². The molecule has 0 radical (unpaired) electrons. The van der Waals surface area contributed by atoms with Gasteiger partial charge >= 0.3 is 5.97 Å². The lowest BCUT2D eigenvalue weighted by molar-refractivity contribution is 0.0702. The van der Waals surface area contributed by atoms with Crippen LogP contribution in [0.4, 0.5) is 9.39 Å². The Morgan fingerprint density at radius 3 is 2.62 bits per heavy atom. The molecule has 0 unspecified atom stereocenters. The molecule has 108 valence electrons. The van der Waals surface area contributed by atoms with Gasteiger partial charge in [-0.25, -0.2) is 17.6 Å². The van der Waals surface area contributed by atoms with E-state index in [-0.39, 0.29) is 14.8 Å². The van der Waals surface area contributed by atoms with Crippen molar-refractivity contribution < 1.29 is 22.7 Å². The number of nitriles is 1. The number of nitrogens with zero attached hydrogens (tertiary/aromatic N) is 1. The maximum Gasteiger partial charge on any atom is 0.345 e. The van der Waals surface area contributed by atoms with Gasteiger partial charge in [-0.2, -0.15) is 5.26 Å². The van der Waals surface area contributed by atoms with E-state index in [1.807, 2.05) is 0 Å². The number of carboxylic acids is 1. The second-order valence-electron chi connectivity index (χ2n) is 3.83. The Balaban J connectivity index is 2.34. The van der Waals surface area contributed by atoms with E-state index in [4.69, 9.17) is 10.4 Å². The molecule has 0 aliphatic carbocycles. The van der Waals surface area contributed by atoms with Gasteiger partial charge in [0.2, 0.25) is 0 Å². The van der Waals surface area contributed by atoms with Gasteiger partial charge in [0.15, 0.2) is 0 Å². The van der Waals surface area contributed by atoms with Crippen LogP contribution in [0.5, 0.6) is 0 Å². The molecule has 2 rings (SSSR count). The third kappa shape index (κ3) is 3.18. The summed E-state index contributed by atoms with van der Waals surface area (Å²) in [6.45, 7) is 0. The Bertz CT molecular complexity index is 852. The third-order valence-electron chi connectivity index (χ3n) is 2.42. The number of nitrogens with one attached hydrogen (secondary N) is 1. The Morgan fingerprint density at radius 1 is 1.33 bits per heavy atom. The maximum atomic E-state index is 13.2. The van der Waals surface area contributed by atoms with E-state index in [1.54, 1.807) is 6.07 Å². The standard InChI is InChI=1S/C12H7FN2O4S2/c13-9-2-1-8(5-7(9)6-14)21(18,19)15-11-4-3-10(20-11)12(16)17/h1-5,15H,(H,16,17). The number of aromatic carboxylic acids is 1. The predicted molar refractivity (Wildman–Crippen MR) is 73.2 cm³/mol. The monoisotopic (exact) mass is 326 g/mol. The van der Waals surface area contributed by atoms with Crippen molar-refractivity contribution in [1.82, 2.24) is 0 Å².